The number of methoxy groups -OCH3 is 1. The smallest absolute Gasteiger partial charge is 0.308 e. The lowest BCUT2D eigenvalue weighted by molar-refractivity contribution is -0.385. The van der Waals surface area contributed by atoms with E-state index in [1.165, 1.54) is 19.2 Å². The molecular weight excluding hydrogens is 282 g/mol. The van der Waals surface area contributed by atoms with Crippen molar-refractivity contribution in [3.8, 4) is 5.75 Å². The number of ether oxygens (including phenoxy) is 1. The minimum Gasteiger partial charge on any atom is -0.495 e. The number of nitrogens with zero attached hydrogens (tertiary/aromatic N) is 1. The van der Waals surface area contributed by atoms with Gasteiger partial charge in [-0.1, -0.05) is 0 Å². The van der Waals surface area contributed by atoms with Gasteiger partial charge in [0.05, 0.1) is 29.0 Å². The van der Waals surface area contributed by atoms with Crippen molar-refractivity contribution in [1.29, 1.82) is 0 Å². The lowest BCUT2D eigenvalue weighted by atomic mass is 10.1. The van der Waals surface area contributed by atoms with E-state index in [0.717, 1.165) is 0 Å². The monoisotopic (exact) mass is 289 g/mol. The van der Waals surface area contributed by atoms with Crippen LogP contribution in [-0.4, -0.2) is 23.1 Å². The molecule has 1 aromatic rings. The first kappa shape index (κ1) is 12.4. The predicted molar refractivity (Wildman–Crippen MR) is 58.7 cm³/mol. The number of carboxylic acids is 1. The Hall–Kier alpha value is -1.63. The summed E-state index contributed by atoms with van der Waals surface area (Å²) in [6.07, 6.45) is -0.404. The lowest BCUT2D eigenvalue weighted by Crippen LogP contribution is -2.04. The molecule has 7 heteroatoms. The van der Waals surface area contributed by atoms with E-state index >= 15 is 0 Å². The van der Waals surface area contributed by atoms with E-state index in [1.807, 2.05) is 0 Å². The van der Waals surface area contributed by atoms with E-state index < -0.39 is 17.3 Å². The Labute approximate surface area is 99.1 Å². The number of halogens is 1. The van der Waals surface area contributed by atoms with Crippen molar-refractivity contribution in [2.45, 2.75) is 6.42 Å². The first-order valence-corrected chi connectivity index (χ1v) is 4.97. The van der Waals surface area contributed by atoms with E-state index in [4.69, 9.17) is 9.84 Å². The number of carbonyl (C=O) groups is 1. The molecule has 0 fully saturated rings. The molecular formula is C9H8BrNO5. The molecule has 0 heterocycles. The van der Waals surface area contributed by atoms with Gasteiger partial charge in [0.2, 0.25) is 0 Å². The molecule has 0 aliphatic carbocycles. The Morgan fingerprint density at radius 1 is 1.62 bits per heavy atom. The number of nitro groups is 1. The lowest BCUT2D eigenvalue weighted by Gasteiger charge is -2.06. The third-order valence-electron chi connectivity index (χ3n) is 1.89. The Balaban J connectivity index is 3.30. The van der Waals surface area contributed by atoms with Gasteiger partial charge in [-0.05, 0) is 22.0 Å². The third kappa shape index (κ3) is 2.69. The first-order valence-electron chi connectivity index (χ1n) is 4.18. The standard InChI is InChI=1S/C9H8BrNO5/c1-16-8-4-7(11(14)15)5(2-6(8)10)3-9(12)13/h2,4H,3H2,1H3,(H,12,13). The van der Waals surface area contributed by atoms with Crippen molar-refractivity contribution in [3.63, 3.8) is 0 Å². The van der Waals surface area contributed by atoms with Gasteiger partial charge >= 0.3 is 5.97 Å². The molecule has 16 heavy (non-hydrogen) atoms. The van der Waals surface area contributed by atoms with E-state index in [2.05, 4.69) is 15.9 Å². The van der Waals surface area contributed by atoms with Crippen molar-refractivity contribution in [1.82, 2.24) is 0 Å². The summed E-state index contributed by atoms with van der Waals surface area (Å²) in [5.74, 6) is -0.832. The fourth-order valence-electron chi connectivity index (χ4n) is 1.21. The van der Waals surface area contributed by atoms with Crippen LogP contribution in [0.4, 0.5) is 5.69 Å². The van der Waals surface area contributed by atoms with E-state index in [-0.39, 0.29) is 11.3 Å². The molecule has 1 rings (SSSR count). The van der Waals surface area contributed by atoms with Gasteiger partial charge in [-0.2, -0.15) is 0 Å². The number of rotatable bonds is 4. The molecule has 0 aliphatic heterocycles. The van der Waals surface area contributed by atoms with Gasteiger partial charge < -0.3 is 9.84 Å². The van der Waals surface area contributed by atoms with Crippen LogP contribution in [0.15, 0.2) is 16.6 Å². The predicted octanol–water partition coefficient (Wildman–Crippen LogP) is 1.99. The molecule has 0 bridgehead atoms. The molecule has 0 aliphatic rings. The molecule has 1 aromatic carbocycles. The normalized spacial score (nSPS) is 9.88. The number of hydrogen-bond acceptors (Lipinski definition) is 4. The minimum absolute atomic E-state index is 0.130. The van der Waals surface area contributed by atoms with Gasteiger partial charge in [0, 0.05) is 5.56 Å². The van der Waals surface area contributed by atoms with Crippen LogP contribution in [-0.2, 0) is 11.2 Å². The van der Waals surface area contributed by atoms with E-state index in [0.29, 0.717) is 10.2 Å². The van der Waals surface area contributed by atoms with Gasteiger partial charge in [0.25, 0.3) is 5.69 Å². The van der Waals surface area contributed by atoms with Crippen molar-refractivity contribution >= 4 is 27.6 Å². The van der Waals surface area contributed by atoms with Crippen LogP contribution in [0.5, 0.6) is 5.75 Å². The Morgan fingerprint density at radius 2 is 2.25 bits per heavy atom. The highest BCUT2D eigenvalue weighted by Crippen LogP contribution is 2.32. The molecule has 1 N–H and O–H groups in total. The second-order valence-electron chi connectivity index (χ2n) is 2.94. The van der Waals surface area contributed by atoms with E-state index in [1.54, 1.807) is 0 Å². The summed E-state index contributed by atoms with van der Waals surface area (Å²) in [5, 5.41) is 19.3. The zero-order valence-corrected chi connectivity index (χ0v) is 9.85. The quantitative estimate of drug-likeness (QED) is 0.676. The van der Waals surface area contributed by atoms with Gasteiger partial charge in [-0.25, -0.2) is 0 Å². The molecule has 86 valence electrons. The van der Waals surface area contributed by atoms with Crippen LogP contribution in [0.2, 0.25) is 0 Å². The van der Waals surface area contributed by atoms with Gasteiger partial charge in [0.15, 0.2) is 0 Å². The maximum Gasteiger partial charge on any atom is 0.308 e. The van der Waals surface area contributed by atoms with E-state index in [9.17, 15) is 14.9 Å². The molecule has 0 unspecified atom stereocenters. The third-order valence-corrected chi connectivity index (χ3v) is 2.51. The molecule has 0 saturated heterocycles. The van der Waals surface area contributed by atoms with Crippen LogP contribution >= 0.6 is 15.9 Å². The molecule has 0 amide bonds. The number of hydrogen-bond donors (Lipinski definition) is 1. The summed E-state index contributed by atoms with van der Waals surface area (Å²) in [4.78, 5) is 20.6. The van der Waals surface area contributed by atoms with Crippen LogP contribution in [0, 0.1) is 10.1 Å². The second kappa shape index (κ2) is 4.93. The Kier molecular flexibility index (Phi) is 3.83. The second-order valence-corrected chi connectivity index (χ2v) is 3.80. The summed E-state index contributed by atoms with van der Waals surface area (Å²) >= 11 is 3.14. The maximum atomic E-state index is 10.7. The number of nitro benzene ring substituents is 1. The fraction of sp³-hybridized carbons (Fsp3) is 0.222. The average molecular weight is 290 g/mol. The number of benzene rings is 1. The average Bonchev–Trinajstić information content (AvgIpc) is 2.16. The summed E-state index contributed by atoms with van der Waals surface area (Å²) in [7, 11) is 1.38. The highest BCUT2D eigenvalue weighted by molar-refractivity contribution is 9.10. The number of aliphatic carboxylic acids is 1. The largest absolute Gasteiger partial charge is 0.495 e. The molecule has 0 saturated carbocycles. The van der Waals surface area contributed by atoms with Crippen molar-refractivity contribution < 1.29 is 19.6 Å². The first-order chi connectivity index (χ1) is 7.45. The highest BCUT2D eigenvalue weighted by Gasteiger charge is 2.19. The van der Waals surface area contributed by atoms with Gasteiger partial charge in [-0.15, -0.1) is 0 Å². The molecule has 0 radical (unpaired) electrons. The Bertz CT molecular complexity index is 446. The van der Waals surface area contributed by atoms with Crippen LogP contribution in [0.1, 0.15) is 5.56 Å². The highest BCUT2D eigenvalue weighted by atomic mass is 79.9. The molecule has 0 atom stereocenters. The Morgan fingerprint density at radius 3 is 2.69 bits per heavy atom. The zero-order valence-electron chi connectivity index (χ0n) is 8.27. The zero-order chi connectivity index (χ0) is 12.3. The summed E-state index contributed by atoms with van der Waals surface area (Å²) in [6, 6.07) is 2.58. The van der Waals surface area contributed by atoms with Crippen molar-refractivity contribution in [3.05, 3.63) is 32.3 Å². The van der Waals surface area contributed by atoms with Gasteiger partial charge in [-0.3, -0.25) is 14.9 Å². The van der Waals surface area contributed by atoms with Crippen molar-refractivity contribution in [2.75, 3.05) is 7.11 Å². The van der Waals surface area contributed by atoms with Crippen LogP contribution in [0.25, 0.3) is 0 Å². The minimum atomic E-state index is -1.12. The summed E-state index contributed by atoms with van der Waals surface area (Å²) < 4.78 is 5.38. The number of carboxylic acid groups (broad SMARTS) is 1. The maximum absolute atomic E-state index is 10.7. The SMILES string of the molecule is COc1cc([N+](=O)[O-])c(CC(=O)O)cc1Br. The van der Waals surface area contributed by atoms with Crippen LogP contribution < -0.4 is 4.74 Å². The molecule has 0 spiro atoms. The molecule has 0 aromatic heterocycles. The van der Waals surface area contributed by atoms with Crippen molar-refractivity contribution in [2.24, 2.45) is 0 Å². The summed E-state index contributed by atoms with van der Waals surface area (Å²) in [6.45, 7) is 0. The fourth-order valence-corrected chi connectivity index (χ4v) is 1.77. The topological polar surface area (TPSA) is 89.7 Å². The summed E-state index contributed by atoms with van der Waals surface area (Å²) in [5.41, 5.74) is -0.132. The van der Waals surface area contributed by atoms with Gasteiger partial charge in [0.1, 0.15) is 5.75 Å². The van der Waals surface area contributed by atoms with Crippen LogP contribution in [0.3, 0.4) is 0 Å². The molecule has 6 nitrogen and oxygen atoms in total.